The third kappa shape index (κ3) is 3.46. The molecule has 1 aromatic heterocycles. The first-order chi connectivity index (χ1) is 8.13. The molecule has 0 saturated heterocycles. The number of nitrogens with zero attached hydrogens (tertiary/aromatic N) is 2. The summed E-state index contributed by atoms with van der Waals surface area (Å²) in [5.74, 6) is 1.57. The summed E-state index contributed by atoms with van der Waals surface area (Å²) in [6.07, 6.45) is 4.10. The molecule has 1 heterocycles. The lowest BCUT2D eigenvalue weighted by atomic mass is 9.97. The van der Waals surface area contributed by atoms with E-state index >= 15 is 0 Å². The molecule has 1 N–H and O–H groups in total. The van der Waals surface area contributed by atoms with Crippen LogP contribution < -0.4 is 10.1 Å². The van der Waals surface area contributed by atoms with Crippen molar-refractivity contribution < 1.29 is 4.74 Å². The van der Waals surface area contributed by atoms with Gasteiger partial charge in [0.1, 0.15) is 0 Å². The monoisotopic (exact) mass is 239 g/mol. The number of ether oxygens (including phenoxy) is 1. The predicted molar refractivity (Wildman–Crippen MR) is 70.2 cm³/mol. The fourth-order valence-electron chi connectivity index (χ4n) is 2.09. The van der Waals surface area contributed by atoms with Crippen molar-refractivity contribution in [2.45, 2.75) is 39.7 Å². The Bertz CT molecular complexity index is 335. The van der Waals surface area contributed by atoms with Gasteiger partial charge in [-0.1, -0.05) is 27.2 Å². The van der Waals surface area contributed by atoms with Crippen LogP contribution in [-0.4, -0.2) is 23.4 Å². The van der Waals surface area contributed by atoms with E-state index in [1.54, 1.807) is 13.3 Å². The summed E-state index contributed by atoms with van der Waals surface area (Å²) in [5.41, 5.74) is 1.15. The molecule has 0 aliphatic carbocycles. The smallest absolute Gasteiger partial charge is 0.161 e. The molecule has 0 radical (unpaired) electrons. The van der Waals surface area contributed by atoms with E-state index in [-0.39, 0.29) is 0 Å². The summed E-state index contributed by atoms with van der Waals surface area (Å²) in [6.45, 7) is 7.60. The van der Waals surface area contributed by atoms with Crippen molar-refractivity contribution >= 4 is 0 Å². The maximum absolute atomic E-state index is 5.39. The molecule has 0 aromatic carbocycles. The van der Waals surface area contributed by atoms with Crippen molar-refractivity contribution in [2.24, 2.45) is 13.0 Å². The Kier molecular flexibility index (Phi) is 5.48. The molecule has 2 unspecified atom stereocenters. The van der Waals surface area contributed by atoms with Crippen LogP contribution in [0.3, 0.4) is 0 Å². The van der Waals surface area contributed by atoms with Crippen LogP contribution >= 0.6 is 0 Å². The van der Waals surface area contributed by atoms with Crippen LogP contribution in [0.1, 0.15) is 45.3 Å². The van der Waals surface area contributed by atoms with Gasteiger partial charge in [-0.3, -0.25) is 4.68 Å². The lowest BCUT2D eigenvalue weighted by Crippen LogP contribution is -2.25. The first-order valence-corrected chi connectivity index (χ1v) is 6.43. The number of aryl methyl sites for hydroxylation is 1. The highest BCUT2D eigenvalue weighted by atomic mass is 16.5. The normalized spacial score (nSPS) is 14.6. The third-order valence-electron chi connectivity index (χ3n) is 3.28. The average Bonchev–Trinajstić information content (AvgIpc) is 2.69. The molecule has 0 saturated carbocycles. The average molecular weight is 239 g/mol. The van der Waals surface area contributed by atoms with Crippen LogP contribution in [-0.2, 0) is 7.05 Å². The van der Waals surface area contributed by atoms with Gasteiger partial charge in [-0.25, -0.2) is 0 Å². The summed E-state index contributed by atoms with van der Waals surface area (Å²) in [7, 11) is 3.67. The van der Waals surface area contributed by atoms with Gasteiger partial charge in [-0.2, -0.15) is 5.10 Å². The molecule has 0 spiro atoms. The molecule has 0 aliphatic heterocycles. The fraction of sp³-hybridized carbons (Fsp3) is 0.769. The van der Waals surface area contributed by atoms with E-state index in [4.69, 9.17) is 4.74 Å². The van der Waals surface area contributed by atoms with Crippen molar-refractivity contribution in [3.8, 4) is 5.75 Å². The highest BCUT2D eigenvalue weighted by Gasteiger charge is 2.21. The van der Waals surface area contributed by atoms with Gasteiger partial charge in [-0.05, 0) is 18.9 Å². The van der Waals surface area contributed by atoms with Gasteiger partial charge in [-0.15, -0.1) is 0 Å². The molecule has 17 heavy (non-hydrogen) atoms. The molecule has 0 amide bonds. The lowest BCUT2D eigenvalue weighted by molar-refractivity contribution is 0.363. The van der Waals surface area contributed by atoms with E-state index in [9.17, 15) is 0 Å². The summed E-state index contributed by atoms with van der Waals surface area (Å²) in [4.78, 5) is 0. The van der Waals surface area contributed by atoms with Gasteiger partial charge in [0, 0.05) is 7.05 Å². The minimum Gasteiger partial charge on any atom is -0.493 e. The molecule has 1 rings (SSSR count). The maximum atomic E-state index is 5.39. The molecular formula is C13H25N3O. The van der Waals surface area contributed by atoms with E-state index in [0.29, 0.717) is 12.0 Å². The van der Waals surface area contributed by atoms with Gasteiger partial charge >= 0.3 is 0 Å². The quantitative estimate of drug-likeness (QED) is 0.794. The highest BCUT2D eigenvalue weighted by molar-refractivity contribution is 5.28. The second-order valence-corrected chi connectivity index (χ2v) is 4.58. The minimum absolute atomic E-state index is 0.317. The summed E-state index contributed by atoms with van der Waals surface area (Å²) in [6, 6.07) is 0.317. The van der Waals surface area contributed by atoms with E-state index in [1.807, 2.05) is 11.7 Å². The van der Waals surface area contributed by atoms with Crippen LogP contribution in [0.15, 0.2) is 6.20 Å². The number of methoxy groups -OCH3 is 1. The minimum atomic E-state index is 0.317. The van der Waals surface area contributed by atoms with Crippen molar-refractivity contribution in [3.05, 3.63) is 11.9 Å². The zero-order chi connectivity index (χ0) is 12.8. The molecule has 0 aliphatic rings. The number of rotatable bonds is 7. The van der Waals surface area contributed by atoms with Crippen LogP contribution in [0.4, 0.5) is 0 Å². The second kappa shape index (κ2) is 6.64. The van der Waals surface area contributed by atoms with Gasteiger partial charge < -0.3 is 10.1 Å². The number of aromatic nitrogens is 2. The van der Waals surface area contributed by atoms with E-state index in [2.05, 4.69) is 31.2 Å². The zero-order valence-corrected chi connectivity index (χ0v) is 11.7. The zero-order valence-electron chi connectivity index (χ0n) is 11.7. The first kappa shape index (κ1) is 14.0. The van der Waals surface area contributed by atoms with Gasteiger partial charge in [0.15, 0.2) is 5.75 Å². The van der Waals surface area contributed by atoms with Gasteiger partial charge in [0.2, 0.25) is 0 Å². The van der Waals surface area contributed by atoms with Crippen molar-refractivity contribution in [1.29, 1.82) is 0 Å². The standard InChI is InChI=1S/C13H25N3O/c1-6-10(3)8-11(14-7-2)13-12(17-5)9-15-16(13)4/h9-11,14H,6-8H2,1-5H3. The number of nitrogens with one attached hydrogen (secondary N) is 1. The van der Waals surface area contributed by atoms with E-state index < -0.39 is 0 Å². The number of hydrogen-bond acceptors (Lipinski definition) is 3. The lowest BCUT2D eigenvalue weighted by Gasteiger charge is -2.22. The maximum Gasteiger partial charge on any atom is 0.161 e. The predicted octanol–water partition coefficient (Wildman–Crippen LogP) is 2.52. The Morgan fingerprint density at radius 3 is 2.71 bits per heavy atom. The van der Waals surface area contributed by atoms with Gasteiger partial charge in [0.05, 0.1) is 25.0 Å². The summed E-state index contributed by atoms with van der Waals surface area (Å²) < 4.78 is 7.30. The van der Waals surface area contributed by atoms with E-state index in [1.165, 1.54) is 6.42 Å². The Balaban J connectivity index is 2.91. The van der Waals surface area contributed by atoms with Crippen LogP contribution in [0, 0.1) is 5.92 Å². The van der Waals surface area contributed by atoms with E-state index in [0.717, 1.165) is 24.4 Å². The molecule has 0 fully saturated rings. The van der Waals surface area contributed by atoms with Crippen molar-refractivity contribution in [1.82, 2.24) is 15.1 Å². The number of hydrogen-bond donors (Lipinski definition) is 1. The van der Waals surface area contributed by atoms with Crippen molar-refractivity contribution in [3.63, 3.8) is 0 Å². The largest absolute Gasteiger partial charge is 0.493 e. The van der Waals surface area contributed by atoms with Crippen LogP contribution in [0.25, 0.3) is 0 Å². The molecule has 4 nitrogen and oxygen atoms in total. The Morgan fingerprint density at radius 2 is 2.18 bits per heavy atom. The topological polar surface area (TPSA) is 39.1 Å². The van der Waals surface area contributed by atoms with Crippen LogP contribution in [0.5, 0.6) is 5.75 Å². The Morgan fingerprint density at radius 1 is 1.47 bits per heavy atom. The Hall–Kier alpha value is -1.03. The Labute approximate surface area is 104 Å². The molecule has 0 bridgehead atoms. The van der Waals surface area contributed by atoms with Crippen LogP contribution in [0.2, 0.25) is 0 Å². The molecule has 4 heteroatoms. The van der Waals surface area contributed by atoms with Gasteiger partial charge in [0.25, 0.3) is 0 Å². The fourth-order valence-corrected chi connectivity index (χ4v) is 2.09. The third-order valence-corrected chi connectivity index (χ3v) is 3.28. The summed E-state index contributed by atoms with van der Waals surface area (Å²) >= 11 is 0. The first-order valence-electron chi connectivity index (χ1n) is 6.43. The molecule has 2 atom stereocenters. The highest BCUT2D eigenvalue weighted by Crippen LogP contribution is 2.29. The summed E-state index contributed by atoms with van der Waals surface area (Å²) in [5, 5.41) is 7.80. The van der Waals surface area contributed by atoms with Crippen molar-refractivity contribution in [2.75, 3.05) is 13.7 Å². The molecule has 98 valence electrons. The SMILES string of the molecule is CCNC(CC(C)CC)c1c(OC)cnn1C. The molecule has 1 aromatic rings. The second-order valence-electron chi connectivity index (χ2n) is 4.58. The molecular weight excluding hydrogens is 214 g/mol.